The van der Waals surface area contributed by atoms with Crippen molar-refractivity contribution in [3.05, 3.63) is 41.5 Å². The summed E-state index contributed by atoms with van der Waals surface area (Å²) in [6.07, 6.45) is 3.11. The topological polar surface area (TPSA) is 82.4 Å². The lowest BCUT2D eigenvalue weighted by Gasteiger charge is -2.24. The van der Waals surface area contributed by atoms with Crippen molar-refractivity contribution >= 4 is 17.7 Å². The van der Waals surface area contributed by atoms with E-state index >= 15 is 0 Å². The summed E-state index contributed by atoms with van der Waals surface area (Å²) < 4.78 is 5.05. The summed E-state index contributed by atoms with van der Waals surface area (Å²) in [6.45, 7) is 3.27. The van der Waals surface area contributed by atoms with Crippen LogP contribution in [0.3, 0.4) is 0 Å². The molecule has 0 unspecified atom stereocenters. The molecule has 1 aromatic carbocycles. The molecule has 0 atom stereocenters. The normalized spacial score (nSPS) is 13.7. The summed E-state index contributed by atoms with van der Waals surface area (Å²) in [5.41, 5.74) is 1.78. The van der Waals surface area contributed by atoms with Crippen LogP contribution in [0.15, 0.2) is 35.9 Å². The Morgan fingerprint density at radius 1 is 1.35 bits per heavy atom. The fraction of sp³-hybridized carbons (Fsp3) is 0.353. The third-order valence-electron chi connectivity index (χ3n) is 3.45. The van der Waals surface area contributed by atoms with Crippen LogP contribution in [0.1, 0.15) is 30.1 Å². The van der Waals surface area contributed by atoms with Crippen LogP contribution in [0.5, 0.6) is 0 Å². The van der Waals surface area contributed by atoms with Crippen molar-refractivity contribution in [3.8, 4) is 6.07 Å². The molecule has 120 valence electrons. The van der Waals surface area contributed by atoms with Gasteiger partial charge in [-0.1, -0.05) is 13.0 Å². The molecule has 0 fully saturated rings. The Kier molecular flexibility index (Phi) is 5.75. The first-order chi connectivity index (χ1) is 11.1. The smallest absolute Gasteiger partial charge is 0.338 e. The van der Waals surface area contributed by atoms with Gasteiger partial charge in [-0.25, -0.2) is 9.59 Å². The molecule has 1 aromatic rings. The Morgan fingerprint density at radius 2 is 2.09 bits per heavy atom. The highest BCUT2D eigenvalue weighted by Gasteiger charge is 2.17. The number of carbonyl (C=O) groups excluding carboxylic acids is 2. The van der Waals surface area contributed by atoms with Crippen molar-refractivity contribution in [2.75, 3.05) is 25.0 Å². The number of benzene rings is 1. The van der Waals surface area contributed by atoms with Crippen molar-refractivity contribution in [3.63, 3.8) is 0 Å². The fourth-order valence-electron chi connectivity index (χ4n) is 2.13. The van der Waals surface area contributed by atoms with E-state index in [4.69, 9.17) is 10.00 Å². The number of amides is 2. The van der Waals surface area contributed by atoms with Gasteiger partial charge in [0.05, 0.1) is 18.2 Å². The second-order valence-electron chi connectivity index (χ2n) is 5.18. The molecule has 0 bridgehead atoms. The Hall–Kier alpha value is -2.81. The van der Waals surface area contributed by atoms with Crippen LogP contribution in [0.2, 0.25) is 0 Å². The lowest BCUT2D eigenvalue weighted by atomic mass is 10.1. The fourth-order valence-corrected chi connectivity index (χ4v) is 2.13. The molecule has 1 N–H and O–H groups in total. The summed E-state index contributed by atoms with van der Waals surface area (Å²) >= 11 is 0. The highest BCUT2D eigenvalue weighted by atomic mass is 16.5. The predicted octanol–water partition coefficient (Wildman–Crippen LogP) is 2.94. The first kappa shape index (κ1) is 16.6. The Balaban J connectivity index is 1.91. The Morgan fingerprint density at radius 3 is 2.65 bits per heavy atom. The van der Waals surface area contributed by atoms with Crippen molar-refractivity contribution in [1.82, 2.24) is 4.90 Å². The van der Waals surface area contributed by atoms with Gasteiger partial charge in [-0.3, -0.25) is 0 Å². The summed E-state index contributed by atoms with van der Waals surface area (Å²) in [5, 5.41) is 11.6. The summed E-state index contributed by atoms with van der Waals surface area (Å²) in [5.74, 6) is -0.366. The van der Waals surface area contributed by atoms with Crippen LogP contribution in [-0.2, 0) is 4.74 Å². The molecule has 2 rings (SSSR count). The van der Waals surface area contributed by atoms with Crippen LogP contribution in [0.4, 0.5) is 10.5 Å². The van der Waals surface area contributed by atoms with Crippen LogP contribution in [0, 0.1) is 11.3 Å². The lowest BCUT2D eigenvalue weighted by molar-refractivity contribution is 0.0505. The van der Waals surface area contributed by atoms with Crippen molar-refractivity contribution in [1.29, 1.82) is 5.26 Å². The summed E-state index contributed by atoms with van der Waals surface area (Å²) in [6, 6.07) is 8.46. The standard InChI is InChI=1S/C17H19N3O3/c1-2-11-23-16(21)14-3-5-15(6-4-14)19-17(22)20-9-7-13(12-18)8-10-20/h3-7H,2,8-11H2,1H3,(H,19,22). The molecule has 0 spiro atoms. The molecule has 6 nitrogen and oxygen atoms in total. The molecule has 0 aliphatic carbocycles. The molecule has 0 saturated heterocycles. The average Bonchev–Trinajstić information content (AvgIpc) is 2.60. The predicted molar refractivity (Wildman–Crippen MR) is 85.9 cm³/mol. The highest BCUT2D eigenvalue weighted by molar-refractivity contribution is 5.92. The molecular formula is C17H19N3O3. The Labute approximate surface area is 135 Å². The number of nitrogens with zero attached hydrogens (tertiary/aromatic N) is 2. The SMILES string of the molecule is CCCOC(=O)c1ccc(NC(=O)N2CC=C(C#N)CC2)cc1. The van der Waals surface area contributed by atoms with E-state index in [0.717, 1.165) is 6.42 Å². The molecule has 0 aromatic heterocycles. The number of esters is 1. The van der Waals surface area contributed by atoms with Gasteiger partial charge in [0.2, 0.25) is 0 Å². The van der Waals surface area contributed by atoms with Gasteiger partial charge in [0, 0.05) is 24.4 Å². The zero-order valence-corrected chi connectivity index (χ0v) is 13.0. The summed E-state index contributed by atoms with van der Waals surface area (Å²) in [4.78, 5) is 25.5. The molecule has 0 radical (unpaired) electrons. The van der Waals surface area contributed by atoms with Gasteiger partial charge in [-0.05, 0) is 37.1 Å². The van der Waals surface area contributed by atoms with E-state index in [1.165, 1.54) is 0 Å². The zero-order chi connectivity index (χ0) is 16.7. The number of carbonyl (C=O) groups is 2. The van der Waals surface area contributed by atoms with Gasteiger partial charge in [-0.2, -0.15) is 5.26 Å². The maximum atomic E-state index is 12.1. The van der Waals surface area contributed by atoms with Crippen molar-refractivity contribution < 1.29 is 14.3 Å². The molecule has 1 heterocycles. The first-order valence-electron chi connectivity index (χ1n) is 7.56. The molecule has 1 aliphatic heterocycles. The van der Waals surface area contributed by atoms with Gasteiger partial charge in [0.15, 0.2) is 0 Å². The van der Waals surface area contributed by atoms with Gasteiger partial charge < -0.3 is 15.0 Å². The van der Waals surface area contributed by atoms with Crippen LogP contribution in [-0.4, -0.2) is 36.6 Å². The number of nitriles is 1. The third kappa shape index (κ3) is 4.58. The minimum absolute atomic E-state index is 0.223. The number of hydrogen-bond acceptors (Lipinski definition) is 4. The maximum Gasteiger partial charge on any atom is 0.338 e. The molecule has 2 amide bonds. The zero-order valence-electron chi connectivity index (χ0n) is 13.0. The van der Waals surface area contributed by atoms with E-state index in [-0.39, 0.29) is 12.0 Å². The van der Waals surface area contributed by atoms with Crippen LogP contribution < -0.4 is 5.32 Å². The Bertz CT molecular complexity index is 644. The van der Waals surface area contributed by atoms with E-state index < -0.39 is 0 Å². The van der Waals surface area contributed by atoms with Crippen molar-refractivity contribution in [2.45, 2.75) is 19.8 Å². The molecule has 1 aliphatic rings. The van der Waals surface area contributed by atoms with E-state index in [9.17, 15) is 9.59 Å². The number of nitrogens with one attached hydrogen (secondary N) is 1. The minimum Gasteiger partial charge on any atom is -0.462 e. The van der Waals surface area contributed by atoms with Gasteiger partial charge in [0.25, 0.3) is 0 Å². The van der Waals surface area contributed by atoms with E-state index in [2.05, 4.69) is 11.4 Å². The average molecular weight is 313 g/mol. The summed E-state index contributed by atoms with van der Waals surface area (Å²) in [7, 11) is 0. The molecule has 0 saturated carbocycles. The number of rotatable bonds is 4. The van der Waals surface area contributed by atoms with E-state index in [0.29, 0.717) is 42.9 Å². The van der Waals surface area contributed by atoms with Crippen LogP contribution >= 0.6 is 0 Å². The number of urea groups is 1. The lowest BCUT2D eigenvalue weighted by Crippen LogP contribution is -2.37. The largest absolute Gasteiger partial charge is 0.462 e. The maximum absolute atomic E-state index is 12.1. The van der Waals surface area contributed by atoms with Crippen LogP contribution in [0.25, 0.3) is 0 Å². The first-order valence-corrected chi connectivity index (χ1v) is 7.56. The second-order valence-corrected chi connectivity index (χ2v) is 5.18. The van der Waals surface area contributed by atoms with E-state index in [1.807, 2.05) is 6.92 Å². The van der Waals surface area contributed by atoms with Crippen molar-refractivity contribution in [2.24, 2.45) is 0 Å². The second kappa shape index (κ2) is 7.99. The number of hydrogen-bond donors (Lipinski definition) is 1. The third-order valence-corrected chi connectivity index (χ3v) is 3.45. The molecular weight excluding hydrogens is 294 g/mol. The highest BCUT2D eigenvalue weighted by Crippen LogP contribution is 2.14. The number of ether oxygens (including phenoxy) is 1. The number of anilines is 1. The van der Waals surface area contributed by atoms with Gasteiger partial charge >= 0.3 is 12.0 Å². The monoisotopic (exact) mass is 313 g/mol. The van der Waals surface area contributed by atoms with Gasteiger partial charge in [-0.15, -0.1) is 0 Å². The van der Waals surface area contributed by atoms with Gasteiger partial charge in [0.1, 0.15) is 0 Å². The minimum atomic E-state index is -0.366. The molecule has 23 heavy (non-hydrogen) atoms. The quantitative estimate of drug-likeness (QED) is 0.866. The molecule has 6 heteroatoms. The van der Waals surface area contributed by atoms with E-state index in [1.54, 1.807) is 35.2 Å².